The molecule has 0 unspecified atom stereocenters. The predicted octanol–water partition coefficient (Wildman–Crippen LogP) is 5.30. The minimum absolute atomic E-state index is 0.129. The molecule has 0 aliphatic carbocycles. The van der Waals surface area contributed by atoms with Crippen molar-refractivity contribution in [3.05, 3.63) is 106 Å². The number of benzene rings is 3. The summed E-state index contributed by atoms with van der Waals surface area (Å²) in [6.07, 6.45) is 0. The summed E-state index contributed by atoms with van der Waals surface area (Å²) in [5, 5.41) is 0. The second-order valence-corrected chi connectivity index (χ2v) is 8.47. The lowest BCUT2D eigenvalue weighted by molar-refractivity contribution is 0.0597. The Bertz CT molecular complexity index is 946. The second kappa shape index (κ2) is 8.93. The summed E-state index contributed by atoms with van der Waals surface area (Å²) in [6.45, 7) is 5.23. The fourth-order valence-corrected chi connectivity index (χ4v) is 4.22. The molecule has 0 aromatic heterocycles. The monoisotopic (exact) mass is 448 g/mol. The van der Waals surface area contributed by atoms with Gasteiger partial charge in [-0.15, -0.1) is 0 Å². The topological polar surface area (TPSA) is 23.6 Å². The maximum Gasteiger partial charge on any atom is 0.253 e. The van der Waals surface area contributed by atoms with Gasteiger partial charge in [0.15, 0.2) is 0 Å². The van der Waals surface area contributed by atoms with E-state index < -0.39 is 0 Å². The average molecular weight is 449 g/mol. The summed E-state index contributed by atoms with van der Waals surface area (Å²) < 4.78 is 1.08. The van der Waals surface area contributed by atoms with Gasteiger partial charge in [-0.1, -0.05) is 76.1 Å². The van der Waals surface area contributed by atoms with Crippen molar-refractivity contribution in [1.82, 2.24) is 9.80 Å². The maximum atomic E-state index is 12.9. The van der Waals surface area contributed by atoms with E-state index in [-0.39, 0.29) is 11.9 Å². The van der Waals surface area contributed by atoms with Gasteiger partial charge in [0.2, 0.25) is 0 Å². The van der Waals surface area contributed by atoms with Crippen LogP contribution in [0.3, 0.4) is 0 Å². The Balaban J connectivity index is 1.51. The van der Waals surface area contributed by atoms with E-state index in [4.69, 9.17) is 0 Å². The predicted molar refractivity (Wildman–Crippen MR) is 121 cm³/mol. The van der Waals surface area contributed by atoms with Crippen LogP contribution in [0.4, 0.5) is 0 Å². The molecule has 0 N–H and O–H groups in total. The number of carbonyl (C=O) groups is 1. The molecule has 1 aliphatic rings. The number of hydrogen-bond donors (Lipinski definition) is 0. The number of piperazine rings is 1. The summed E-state index contributed by atoms with van der Waals surface area (Å²) in [5.41, 5.74) is 4.51. The van der Waals surface area contributed by atoms with E-state index in [0.29, 0.717) is 0 Å². The Morgan fingerprint density at radius 3 is 2.00 bits per heavy atom. The van der Waals surface area contributed by atoms with Gasteiger partial charge in [-0.25, -0.2) is 0 Å². The molecule has 3 nitrogen and oxygen atoms in total. The first-order valence-corrected chi connectivity index (χ1v) is 10.8. The molecule has 0 saturated carbocycles. The third-order valence-corrected chi connectivity index (χ3v) is 6.09. The fraction of sp³-hybridized carbons (Fsp3) is 0.240. The van der Waals surface area contributed by atoms with E-state index in [9.17, 15) is 4.79 Å². The molecular weight excluding hydrogens is 424 g/mol. The summed E-state index contributed by atoms with van der Waals surface area (Å²) >= 11 is 3.54. The molecule has 1 fully saturated rings. The van der Waals surface area contributed by atoms with Crippen LogP contribution in [0.15, 0.2) is 83.3 Å². The van der Waals surface area contributed by atoms with Crippen molar-refractivity contribution >= 4 is 21.8 Å². The number of nitrogens with zero attached hydrogens (tertiary/aromatic N) is 2. The highest BCUT2D eigenvalue weighted by molar-refractivity contribution is 9.10. The smallest absolute Gasteiger partial charge is 0.253 e. The van der Waals surface area contributed by atoms with Crippen molar-refractivity contribution in [2.75, 3.05) is 26.2 Å². The lowest BCUT2D eigenvalue weighted by Crippen LogP contribution is -2.49. The first-order chi connectivity index (χ1) is 14.1. The number of aryl methyl sites for hydroxylation is 1. The SMILES string of the molecule is Cc1ccc(C(=O)N2CCN([C@@H](c3ccccc3)c3ccc(Br)cc3)CC2)cc1. The number of carbonyl (C=O) groups excluding carboxylic acids is 1. The Hall–Kier alpha value is -2.43. The molecule has 0 radical (unpaired) electrons. The van der Waals surface area contributed by atoms with Crippen molar-refractivity contribution in [3.8, 4) is 0 Å². The van der Waals surface area contributed by atoms with Crippen LogP contribution in [0.25, 0.3) is 0 Å². The van der Waals surface area contributed by atoms with Crippen molar-refractivity contribution in [3.63, 3.8) is 0 Å². The van der Waals surface area contributed by atoms with Gasteiger partial charge >= 0.3 is 0 Å². The Morgan fingerprint density at radius 1 is 0.793 bits per heavy atom. The van der Waals surface area contributed by atoms with Gasteiger partial charge in [0.1, 0.15) is 0 Å². The van der Waals surface area contributed by atoms with Gasteiger partial charge in [-0.05, 0) is 42.3 Å². The van der Waals surface area contributed by atoms with Gasteiger partial charge in [-0.2, -0.15) is 0 Å². The van der Waals surface area contributed by atoms with Crippen LogP contribution >= 0.6 is 15.9 Å². The molecule has 1 aliphatic heterocycles. The molecular formula is C25H25BrN2O. The fourth-order valence-electron chi connectivity index (χ4n) is 3.96. The van der Waals surface area contributed by atoms with Gasteiger partial charge in [0.05, 0.1) is 6.04 Å². The quantitative estimate of drug-likeness (QED) is 0.540. The Morgan fingerprint density at radius 2 is 1.38 bits per heavy atom. The largest absolute Gasteiger partial charge is 0.336 e. The van der Waals surface area contributed by atoms with Gasteiger partial charge in [-0.3, -0.25) is 9.69 Å². The lowest BCUT2D eigenvalue weighted by Gasteiger charge is -2.40. The standard InChI is InChI=1S/C25H25BrN2O/c1-19-7-9-22(10-8-19)25(29)28-17-15-27(16-18-28)24(20-5-3-2-4-6-20)21-11-13-23(26)14-12-21/h2-14,24H,15-18H2,1H3/t24-/m0/s1. The van der Waals surface area contributed by atoms with Gasteiger partial charge in [0.25, 0.3) is 5.91 Å². The minimum atomic E-state index is 0.129. The molecule has 1 heterocycles. The van der Waals surface area contributed by atoms with Crippen molar-refractivity contribution in [2.45, 2.75) is 13.0 Å². The normalized spacial score (nSPS) is 15.9. The number of hydrogen-bond acceptors (Lipinski definition) is 2. The first-order valence-electron chi connectivity index (χ1n) is 10.0. The Labute approximate surface area is 181 Å². The molecule has 3 aromatic carbocycles. The zero-order valence-corrected chi connectivity index (χ0v) is 18.2. The molecule has 0 spiro atoms. The molecule has 1 saturated heterocycles. The van der Waals surface area contributed by atoms with E-state index in [2.05, 4.69) is 75.4 Å². The van der Waals surface area contributed by atoms with Crippen molar-refractivity contribution < 1.29 is 4.79 Å². The number of amides is 1. The van der Waals surface area contributed by atoms with E-state index >= 15 is 0 Å². The molecule has 4 heteroatoms. The zero-order valence-electron chi connectivity index (χ0n) is 16.6. The van der Waals surface area contributed by atoms with Crippen LogP contribution in [-0.2, 0) is 0 Å². The highest BCUT2D eigenvalue weighted by Gasteiger charge is 2.28. The summed E-state index contributed by atoms with van der Waals surface area (Å²) in [6, 6.07) is 27.3. The number of halogens is 1. The Kier molecular flexibility index (Phi) is 6.12. The van der Waals surface area contributed by atoms with E-state index in [0.717, 1.165) is 36.2 Å². The van der Waals surface area contributed by atoms with Gasteiger partial charge in [0, 0.05) is 36.2 Å². The molecule has 148 valence electrons. The summed E-state index contributed by atoms with van der Waals surface area (Å²) in [7, 11) is 0. The summed E-state index contributed by atoms with van der Waals surface area (Å²) in [5.74, 6) is 0.129. The van der Waals surface area contributed by atoms with Crippen molar-refractivity contribution in [2.24, 2.45) is 0 Å². The zero-order chi connectivity index (χ0) is 20.2. The van der Waals surface area contributed by atoms with E-state index in [1.807, 2.05) is 36.1 Å². The molecule has 29 heavy (non-hydrogen) atoms. The molecule has 1 amide bonds. The molecule has 1 atom stereocenters. The highest BCUT2D eigenvalue weighted by Crippen LogP contribution is 2.30. The molecule has 3 aromatic rings. The van der Waals surface area contributed by atoms with Crippen molar-refractivity contribution in [1.29, 1.82) is 0 Å². The second-order valence-electron chi connectivity index (χ2n) is 7.56. The molecule has 0 bridgehead atoms. The number of rotatable bonds is 4. The minimum Gasteiger partial charge on any atom is -0.336 e. The van der Waals surface area contributed by atoms with Crippen LogP contribution in [0.5, 0.6) is 0 Å². The third-order valence-electron chi connectivity index (χ3n) is 5.57. The summed E-state index contributed by atoms with van der Waals surface area (Å²) in [4.78, 5) is 17.3. The third kappa shape index (κ3) is 4.60. The van der Waals surface area contributed by atoms with E-state index in [1.54, 1.807) is 0 Å². The van der Waals surface area contributed by atoms with Crippen LogP contribution in [0, 0.1) is 6.92 Å². The molecule has 4 rings (SSSR count). The van der Waals surface area contributed by atoms with Gasteiger partial charge < -0.3 is 4.90 Å². The van der Waals surface area contributed by atoms with E-state index in [1.165, 1.54) is 16.7 Å². The highest BCUT2D eigenvalue weighted by atomic mass is 79.9. The van der Waals surface area contributed by atoms with Crippen LogP contribution in [-0.4, -0.2) is 41.9 Å². The maximum absolute atomic E-state index is 12.9. The average Bonchev–Trinajstić information content (AvgIpc) is 2.77. The van der Waals surface area contributed by atoms with Crippen LogP contribution < -0.4 is 0 Å². The van der Waals surface area contributed by atoms with Crippen LogP contribution in [0.1, 0.15) is 33.1 Å². The first kappa shape index (κ1) is 19.9. The van der Waals surface area contributed by atoms with Crippen LogP contribution in [0.2, 0.25) is 0 Å². The lowest BCUT2D eigenvalue weighted by atomic mass is 9.96.